The molecule has 29 heavy (non-hydrogen) atoms. The lowest BCUT2D eigenvalue weighted by molar-refractivity contribution is 0.0686. The molecule has 1 aromatic heterocycles. The molecule has 2 aliphatic rings. The largest absolute Gasteiger partial charge is 0.396 e. The van der Waals surface area contributed by atoms with Crippen LogP contribution in [0.4, 0.5) is 5.82 Å². The molecule has 1 atom stereocenters. The van der Waals surface area contributed by atoms with Crippen molar-refractivity contribution in [2.45, 2.75) is 32.1 Å². The average molecular weight is 394 g/mol. The number of nitrogens with zero attached hydrogens (tertiary/aromatic N) is 3. The van der Waals surface area contributed by atoms with Crippen molar-refractivity contribution in [2.24, 2.45) is 11.8 Å². The van der Waals surface area contributed by atoms with Crippen molar-refractivity contribution in [2.75, 3.05) is 37.7 Å². The minimum Gasteiger partial charge on any atom is -0.396 e. The van der Waals surface area contributed by atoms with E-state index in [9.17, 15) is 9.90 Å². The Balaban J connectivity index is 1.26. The fraction of sp³-hybridized carbons (Fsp3) is 0.500. The maximum Gasteiger partial charge on any atom is 0.255 e. The van der Waals surface area contributed by atoms with Gasteiger partial charge in [-0.15, -0.1) is 0 Å². The first-order chi connectivity index (χ1) is 14.2. The molecule has 5 heteroatoms. The van der Waals surface area contributed by atoms with Crippen LogP contribution in [0.15, 0.2) is 48.7 Å². The Morgan fingerprint density at radius 1 is 1.00 bits per heavy atom. The number of aliphatic hydroxyl groups is 1. The van der Waals surface area contributed by atoms with Crippen molar-refractivity contribution in [1.82, 2.24) is 9.88 Å². The van der Waals surface area contributed by atoms with Crippen LogP contribution >= 0.6 is 0 Å². The number of hydrogen-bond donors (Lipinski definition) is 1. The number of benzene rings is 1. The van der Waals surface area contributed by atoms with E-state index in [4.69, 9.17) is 0 Å². The second-order valence-electron chi connectivity index (χ2n) is 8.45. The molecule has 5 nitrogen and oxygen atoms in total. The van der Waals surface area contributed by atoms with Gasteiger partial charge in [-0.3, -0.25) is 4.79 Å². The monoisotopic (exact) mass is 393 g/mol. The van der Waals surface area contributed by atoms with Crippen LogP contribution in [0.2, 0.25) is 0 Å². The zero-order valence-corrected chi connectivity index (χ0v) is 17.0. The van der Waals surface area contributed by atoms with Gasteiger partial charge in [0.2, 0.25) is 0 Å². The standard InChI is InChI=1S/C24H31N3O2/c28-18-21-12-15-27(17-21)23-9-8-22(16-25-23)24(29)26-13-10-20(11-14-26)7-6-19-4-2-1-3-5-19/h1-5,8-9,16,20-21,28H,6-7,10-15,17-18H2. The molecule has 3 heterocycles. The highest BCUT2D eigenvalue weighted by atomic mass is 16.3. The van der Waals surface area contributed by atoms with Crippen LogP contribution in [0.25, 0.3) is 0 Å². The summed E-state index contributed by atoms with van der Waals surface area (Å²) in [5.41, 5.74) is 2.08. The maximum atomic E-state index is 12.9. The molecule has 4 rings (SSSR count). The molecule has 1 aromatic carbocycles. The van der Waals surface area contributed by atoms with E-state index in [0.717, 1.165) is 57.7 Å². The number of aryl methyl sites for hydroxylation is 1. The van der Waals surface area contributed by atoms with Gasteiger partial charge in [0, 0.05) is 44.9 Å². The Bertz CT molecular complexity index is 786. The molecule has 0 spiro atoms. The lowest BCUT2D eigenvalue weighted by atomic mass is 9.90. The van der Waals surface area contributed by atoms with Gasteiger partial charge in [0.1, 0.15) is 5.82 Å². The van der Waals surface area contributed by atoms with Crippen LogP contribution < -0.4 is 4.90 Å². The van der Waals surface area contributed by atoms with Gasteiger partial charge >= 0.3 is 0 Å². The minimum absolute atomic E-state index is 0.0974. The third kappa shape index (κ3) is 4.96. The van der Waals surface area contributed by atoms with E-state index >= 15 is 0 Å². The van der Waals surface area contributed by atoms with Crippen molar-refractivity contribution < 1.29 is 9.90 Å². The number of hydrogen-bond acceptors (Lipinski definition) is 4. The summed E-state index contributed by atoms with van der Waals surface area (Å²) in [4.78, 5) is 21.5. The van der Waals surface area contributed by atoms with E-state index in [0.29, 0.717) is 17.4 Å². The Morgan fingerprint density at radius 3 is 2.41 bits per heavy atom. The molecule has 2 aromatic rings. The van der Waals surface area contributed by atoms with E-state index in [2.05, 4.69) is 40.2 Å². The lowest BCUT2D eigenvalue weighted by Crippen LogP contribution is -2.38. The van der Waals surface area contributed by atoms with Crippen molar-refractivity contribution in [3.05, 3.63) is 59.8 Å². The fourth-order valence-electron chi connectivity index (χ4n) is 4.51. The van der Waals surface area contributed by atoms with Gasteiger partial charge in [-0.1, -0.05) is 30.3 Å². The maximum absolute atomic E-state index is 12.9. The quantitative estimate of drug-likeness (QED) is 0.817. The Hall–Kier alpha value is -2.40. The number of piperidine rings is 1. The molecule has 1 unspecified atom stereocenters. The fourth-order valence-corrected chi connectivity index (χ4v) is 4.51. The summed E-state index contributed by atoms with van der Waals surface area (Å²) < 4.78 is 0. The highest BCUT2D eigenvalue weighted by Gasteiger charge is 2.25. The number of carbonyl (C=O) groups excluding carboxylic acids is 1. The lowest BCUT2D eigenvalue weighted by Gasteiger charge is -2.32. The molecule has 2 saturated heterocycles. The van der Waals surface area contributed by atoms with Gasteiger partial charge in [-0.2, -0.15) is 0 Å². The summed E-state index contributed by atoms with van der Waals surface area (Å²) in [6, 6.07) is 14.5. The average Bonchev–Trinajstić information content (AvgIpc) is 3.28. The van der Waals surface area contributed by atoms with Gasteiger partial charge in [0.15, 0.2) is 0 Å². The molecule has 2 aliphatic heterocycles. The highest BCUT2D eigenvalue weighted by molar-refractivity contribution is 5.94. The van der Waals surface area contributed by atoms with Crippen LogP contribution in [0.5, 0.6) is 0 Å². The van der Waals surface area contributed by atoms with Crippen LogP contribution in [0.3, 0.4) is 0 Å². The summed E-state index contributed by atoms with van der Waals surface area (Å²) >= 11 is 0. The SMILES string of the molecule is O=C(c1ccc(N2CCC(CO)C2)nc1)N1CCC(CCc2ccccc2)CC1. The molecule has 154 valence electrons. The number of anilines is 1. The first-order valence-electron chi connectivity index (χ1n) is 10.9. The van der Waals surface area contributed by atoms with E-state index in [1.807, 2.05) is 17.0 Å². The number of likely N-dealkylation sites (tertiary alicyclic amines) is 1. The molecular weight excluding hydrogens is 362 g/mol. The number of aliphatic hydroxyl groups excluding tert-OH is 1. The third-order valence-corrected chi connectivity index (χ3v) is 6.45. The van der Waals surface area contributed by atoms with Gasteiger partial charge in [0.25, 0.3) is 5.91 Å². The van der Waals surface area contributed by atoms with E-state index < -0.39 is 0 Å². The highest BCUT2D eigenvalue weighted by Crippen LogP contribution is 2.25. The molecular formula is C24H31N3O2. The predicted octanol–water partition coefficient (Wildman–Crippen LogP) is 3.39. The van der Waals surface area contributed by atoms with Crippen molar-refractivity contribution in [3.63, 3.8) is 0 Å². The molecule has 0 bridgehead atoms. The van der Waals surface area contributed by atoms with E-state index in [1.54, 1.807) is 6.20 Å². The second-order valence-corrected chi connectivity index (χ2v) is 8.45. The summed E-state index contributed by atoms with van der Waals surface area (Å²) in [6.07, 6.45) is 7.20. The minimum atomic E-state index is 0.0974. The zero-order valence-electron chi connectivity index (χ0n) is 17.0. The number of rotatable bonds is 6. The number of amides is 1. The molecule has 0 saturated carbocycles. The van der Waals surface area contributed by atoms with Crippen molar-refractivity contribution in [1.29, 1.82) is 0 Å². The van der Waals surface area contributed by atoms with Crippen molar-refractivity contribution in [3.8, 4) is 0 Å². The smallest absolute Gasteiger partial charge is 0.255 e. The van der Waals surface area contributed by atoms with E-state index in [-0.39, 0.29) is 12.5 Å². The normalized spacial score (nSPS) is 20.2. The first-order valence-corrected chi connectivity index (χ1v) is 10.9. The van der Waals surface area contributed by atoms with Crippen LogP contribution in [0, 0.1) is 11.8 Å². The Kier molecular flexibility index (Phi) is 6.45. The second kappa shape index (κ2) is 9.40. The van der Waals surface area contributed by atoms with Gasteiger partial charge in [0.05, 0.1) is 5.56 Å². The molecule has 1 N–H and O–H groups in total. The first kappa shape index (κ1) is 19.9. The van der Waals surface area contributed by atoms with Crippen molar-refractivity contribution >= 4 is 11.7 Å². The summed E-state index contributed by atoms with van der Waals surface area (Å²) in [6.45, 7) is 3.67. The topological polar surface area (TPSA) is 56.7 Å². The van der Waals surface area contributed by atoms with E-state index in [1.165, 1.54) is 12.0 Å². The third-order valence-electron chi connectivity index (χ3n) is 6.45. The Morgan fingerprint density at radius 2 is 1.76 bits per heavy atom. The summed E-state index contributed by atoms with van der Waals surface area (Å²) in [5, 5.41) is 9.30. The van der Waals surface area contributed by atoms with Gasteiger partial charge in [-0.05, 0) is 55.7 Å². The molecule has 1 amide bonds. The number of carbonyl (C=O) groups is 1. The van der Waals surface area contributed by atoms with Gasteiger partial charge in [-0.25, -0.2) is 4.98 Å². The van der Waals surface area contributed by atoms with Crippen LogP contribution in [-0.4, -0.2) is 53.7 Å². The number of aromatic nitrogens is 1. The number of pyridine rings is 1. The van der Waals surface area contributed by atoms with Crippen LogP contribution in [0.1, 0.15) is 41.6 Å². The Labute approximate surface area is 173 Å². The molecule has 0 radical (unpaired) electrons. The predicted molar refractivity (Wildman–Crippen MR) is 115 cm³/mol. The van der Waals surface area contributed by atoms with Gasteiger partial charge < -0.3 is 14.9 Å². The van der Waals surface area contributed by atoms with Crippen LogP contribution in [-0.2, 0) is 6.42 Å². The molecule has 0 aliphatic carbocycles. The molecule has 2 fully saturated rings. The summed E-state index contributed by atoms with van der Waals surface area (Å²) in [7, 11) is 0. The zero-order chi connectivity index (χ0) is 20.1. The summed E-state index contributed by atoms with van der Waals surface area (Å²) in [5.74, 6) is 2.04.